The van der Waals surface area contributed by atoms with Gasteiger partial charge in [-0.25, -0.2) is 0 Å². The average Bonchev–Trinajstić information content (AvgIpc) is 3.13. The summed E-state index contributed by atoms with van der Waals surface area (Å²) in [5, 5.41) is 23.4. The number of aromatic hydroxyl groups is 1. The van der Waals surface area contributed by atoms with Gasteiger partial charge < -0.3 is 19.4 Å². The molecular weight excluding hydrogens is 518 g/mol. The van der Waals surface area contributed by atoms with Gasteiger partial charge in [-0.3, -0.25) is 14.3 Å². The number of morpholine rings is 1. The van der Waals surface area contributed by atoms with Crippen LogP contribution in [-0.2, 0) is 21.0 Å². The Balaban J connectivity index is 1.46. The molecule has 2 heterocycles. The first-order valence-electron chi connectivity index (χ1n) is 11.0. The highest BCUT2D eigenvalue weighted by atomic mass is 79.9. The van der Waals surface area contributed by atoms with Crippen molar-refractivity contribution in [3.05, 3.63) is 52.5 Å². The molecule has 11 heteroatoms. The Morgan fingerprint density at radius 2 is 1.91 bits per heavy atom. The molecule has 1 N–H and O–H groups in total. The summed E-state index contributed by atoms with van der Waals surface area (Å²) in [6.45, 7) is 4.68. The van der Waals surface area contributed by atoms with Crippen LogP contribution in [0, 0.1) is 0 Å². The van der Waals surface area contributed by atoms with Crippen LogP contribution in [0.4, 0.5) is 5.69 Å². The molecule has 35 heavy (non-hydrogen) atoms. The van der Waals surface area contributed by atoms with Crippen LogP contribution in [-0.4, -0.2) is 66.2 Å². The predicted octanol–water partition coefficient (Wildman–Crippen LogP) is 4.46. The van der Waals surface area contributed by atoms with Crippen LogP contribution in [0.15, 0.2) is 62.3 Å². The van der Waals surface area contributed by atoms with Gasteiger partial charge in [-0.1, -0.05) is 21.1 Å². The number of carbonyl (C=O) groups excluding carboxylic acids is 1. The molecule has 1 amide bonds. The minimum absolute atomic E-state index is 0.0598. The van der Waals surface area contributed by atoms with E-state index in [1.807, 2.05) is 42.5 Å². The summed E-state index contributed by atoms with van der Waals surface area (Å²) in [7, 11) is 1.60. The lowest BCUT2D eigenvalue weighted by Gasteiger charge is -2.27. The van der Waals surface area contributed by atoms with Crippen LogP contribution in [0.2, 0.25) is 0 Å². The van der Waals surface area contributed by atoms with E-state index < -0.39 is 5.91 Å². The van der Waals surface area contributed by atoms with Gasteiger partial charge in [-0.2, -0.15) is 0 Å². The van der Waals surface area contributed by atoms with E-state index in [4.69, 9.17) is 14.3 Å². The summed E-state index contributed by atoms with van der Waals surface area (Å²) in [5.74, 6) is 0.0508. The number of hydrogen-bond acceptors (Lipinski definition) is 8. The van der Waals surface area contributed by atoms with Crippen molar-refractivity contribution in [2.45, 2.75) is 13.6 Å². The van der Waals surface area contributed by atoms with Crippen molar-refractivity contribution in [3.63, 3.8) is 0 Å². The molecule has 0 saturated carbocycles. The van der Waals surface area contributed by atoms with Gasteiger partial charge in [0, 0.05) is 22.9 Å². The van der Waals surface area contributed by atoms with Crippen molar-refractivity contribution in [2.24, 2.45) is 15.4 Å². The number of azo groups is 1. The minimum atomic E-state index is -0.625. The van der Waals surface area contributed by atoms with Crippen molar-refractivity contribution in [1.29, 1.82) is 0 Å². The first-order chi connectivity index (χ1) is 17.0. The molecule has 1 fully saturated rings. The Kier molecular flexibility index (Phi) is 8.11. The number of benzene rings is 2. The molecular formula is C24H26BrN5O5. The first-order valence-corrected chi connectivity index (χ1v) is 11.8. The monoisotopic (exact) mass is 543 g/mol. The Morgan fingerprint density at radius 3 is 2.63 bits per heavy atom. The van der Waals surface area contributed by atoms with Gasteiger partial charge >= 0.3 is 5.91 Å². The van der Waals surface area contributed by atoms with E-state index in [1.165, 1.54) is 0 Å². The summed E-state index contributed by atoms with van der Waals surface area (Å²) in [5.41, 5.74) is 2.45. The van der Waals surface area contributed by atoms with Gasteiger partial charge in [0.15, 0.2) is 12.3 Å². The fourth-order valence-electron chi connectivity index (χ4n) is 3.68. The molecule has 1 aliphatic heterocycles. The van der Waals surface area contributed by atoms with E-state index >= 15 is 0 Å². The van der Waals surface area contributed by atoms with Crippen molar-refractivity contribution in [2.75, 3.05) is 40.0 Å². The fraction of sp³-hybridized carbons (Fsp3) is 0.333. The van der Waals surface area contributed by atoms with Crippen LogP contribution >= 0.6 is 15.9 Å². The highest BCUT2D eigenvalue weighted by molar-refractivity contribution is 9.10. The molecule has 0 aliphatic carbocycles. The lowest BCUT2D eigenvalue weighted by atomic mass is 10.1. The number of halogens is 1. The average molecular weight is 544 g/mol. The van der Waals surface area contributed by atoms with E-state index in [2.05, 4.69) is 36.2 Å². The van der Waals surface area contributed by atoms with Crippen LogP contribution in [0.25, 0.3) is 10.9 Å². The van der Waals surface area contributed by atoms with Gasteiger partial charge in [-0.15, -0.1) is 10.2 Å². The van der Waals surface area contributed by atoms with Crippen LogP contribution in [0.5, 0.6) is 11.6 Å². The number of nitrogens with zero attached hydrogens (tertiary/aromatic N) is 5. The van der Waals surface area contributed by atoms with E-state index in [-0.39, 0.29) is 18.2 Å². The minimum Gasteiger partial charge on any atom is -0.497 e. The number of rotatable bonds is 8. The molecule has 4 rings (SSSR count). The fourth-order valence-corrected chi connectivity index (χ4v) is 4.04. The highest BCUT2D eigenvalue weighted by Gasteiger charge is 2.20. The summed E-state index contributed by atoms with van der Waals surface area (Å²) in [4.78, 5) is 19.6. The van der Waals surface area contributed by atoms with E-state index in [0.717, 1.165) is 34.4 Å². The standard InChI is InChI=1S/C24H26BrN5O5/c1-16(17-3-6-19(33-2)7-4-17)28-35-14-22(31)26-27-23-20-13-18(25)5-8-21(20)30(24(23)32)15-29-9-11-34-12-10-29/h3-8,13,32H,9-12,14-15H2,1-2H3. The lowest BCUT2D eigenvalue weighted by Crippen LogP contribution is -2.37. The summed E-state index contributed by atoms with van der Waals surface area (Å²) >= 11 is 3.46. The smallest absolute Gasteiger partial charge is 0.304 e. The number of oxime groups is 1. The van der Waals surface area contributed by atoms with Crippen LogP contribution < -0.4 is 4.74 Å². The molecule has 0 radical (unpaired) electrons. The Morgan fingerprint density at radius 1 is 1.17 bits per heavy atom. The number of amides is 1. The third-order valence-electron chi connectivity index (χ3n) is 5.58. The number of ether oxygens (including phenoxy) is 2. The topological polar surface area (TPSA) is 110 Å². The highest BCUT2D eigenvalue weighted by Crippen LogP contribution is 2.40. The second-order valence-corrected chi connectivity index (χ2v) is 8.82. The third-order valence-corrected chi connectivity index (χ3v) is 6.07. The number of hydrogen-bond donors (Lipinski definition) is 1. The molecule has 1 aliphatic rings. The van der Waals surface area contributed by atoms with E-state index in [0.29, 0.717) is 31.0 Å². The molecule has 1 saturated heterocycles. The third kappa shape index (κ3) is 6.05. The van der Waals surface area contributed by atoms with Gasteiger partial charge in [0.05, 0.1) is 38.2 Å². The van der Waals surface area contributed by atoms with Crippen molar-refractivity contribution < 1.29 is 24.2 Å². The number of carbonyl (C=O) groups is 1. The molecule has 1 aromatic heterocycles. The second kappa shape index (κ2) is 11.4. The van der Waals surface area contributed by atoms with Crippen LogP contribution in [0.1, 0.15) is 12.5 Å². The Bertz CT molecular complexity index is 1250. The Labute approximate surface area is 210 Å². The van der Waals surface area contributed by atoms with Crippen LogP contribution in [0.3, 0.4) is 0 Å². The van der Waals surface area contributed by atoms with Crippen molar-refractivity contribution in [3.8, 4) is 11.6 Å². The SMILES string of the molecule is COc1ccc(C(C)=NOCC(=O)N=Nc2c(O)n(CN3CCOCC3)c3ccc(Br)cc23)cc1. The molecule has 0 spiro atoms. The van der Waals surface area contributed by atoms with Gasteiger partial charge in [0.1, 0.15) is 5.75 Å². The van der Waals surface area contributed by atoms with Crippen molar-refractivity contribution in [1.82, 2.24) is 9.47 Å². The van der Waals surface area contributed by atoms with Crippen molar-refractivity contribution >= 4 is 44.1 Å². The predicted molar refractivity (Wildman–Crippen MR) is 134 cm³/mol. The maximum atomic E-state index is 12.3. The molecule has 0 atom stereocenters. The number of fused-ring (bicyclic) bond motifs is 1. The van der Waals surface area contributed by atoms with Gasteiger partial charge in [0.2, 0.25) is 5.88 Å². The maximum Gasteiger partial charge on any atom is 0.304 e. The summed E-state index contributed by atoms with van der Waals surface area (Å²) in [6.07, 6.45) is 0. The molecule has 2 aromatic carbocycles. The second-order valence-electron chi connectivity index (χ2n) is 7.91. The quantitative estimate of drug-likeness (QED) is 0.255. The molecule has 0 unspecified atom stereocenters. The van der Waals surface area contributed by atoms with Gasteiger partial charge in [-0.05, 0) is 55.0 Å². The normalized spacial score (nSPS) is 15.1. The van der Waals surface area contributed by atoms with E-state index in [1.54, 1.807) is 18.6 Å². The molecule has 10 nitrogen and oxygen atoms in total. The summed E-state index contributed by atoms with van der Waals surface area (Å²) < 4.78 is 13.1. The number of methoxy groups -OCH3 is 1. The lowest BCUT2D eigenvalue weighted by molar-refractivity contribution is -0.122. The Hall–Kier alpha value is -3.28. The summed E-state index contributed by atoms with van der Waals surface area (Å²) in [6, 6.07) is 12.9. The zero-order valence-corrected chi connectivity index (χ0v) is 21.1. The maximum absolute atomic E-state index is 12.3. The zero-order valence-electron chi connectivity index (χ0n) is 19.5. The van der Waals surface area contributed by atoms with Gasteiger partial charge in [0.25, 0.3) is 0 Å². The molecule has 3 aromatic rings. The largest absolute Gasteiger partial charge is 0.497 e. The zero-order chi connectivity index (χ0) is 24.8. The number of aromatic nitrogens is 1. The van der Waals surface area contributed by atoms with E-state index in [9.17, 15) is 9.90 Å². The molecule has 0 bridgehead atoms. The first kappa shape index (κ1) is 24.8. The molecule has 184 valence electrons.